The third kappa shape index (κ3) is 2.71. The van der Waals surface area contributed by atoms with Crippen LogP contribution in [-0.2, 0) is 14.8 Å². The first-order chi connectivity index (χ1) is 10.3. The zero-order chi connectivity index (χ0) is 16.5. The Morgan fingerprint density at radius 1 is 1.32 bits per heavy atom. The van der Waals surface area contributed by atoms with Gasteiger partial charge in [-0.25, -0.2) is 13.2 Å². The van der Waals surface area contributed by atoms with E-state index in [1.807, 2.05) is 6.92 Å². The van der Waals surface area contributed by atoms with Gasteiger partial charge in [0.25, 0.3) is 0 Å². The number of benzene rings is 1. The SMILES string of the molecule is CCN1CCN(S(=O)(=O)c2ccccc2C(=O)O)C(C)C1=O. The number of rotatable bonds is 4. The number of piperazine rings is 1. The van der Waals surface area contributed by atoms with E-state index in [2.05, 4.69) is 0 Å². The van der Waals surface area contributed by atoms with Crippen molar-refractivity contribution in [2.45, 2.75) is 24.8 Å². The number of aromatic carboxylic acids is 1. The topological polar surface area (TPSA) is 95.0 Å². The van der Waals surface area contributed by atoms with Gasteiger partial charge in [0.2, 0.25) is 15.9 Å². The van der Waals surface area contributed by atoms with Gasteiger partial charge in [-0.15, -0.1) is 0 Å². The van der Waals surface area contributed by atoms with E-state index >= 15 is 0 Å². The van der Waals surface area contributed by atoms with Crippen molar-refractivity contribution in [2.75, 3.05) is 19.6 Å². The molecule has 1 aliphatic rings. The number of nitrogens with zero attached hydrogens (tertiary/aromatic N) is 2. The van der Waals surface area contributed by atoms with Gasteiger partial charge in [-0.1, -0.05) is 12.1 Å². The summed E-state index contributed by atoms with van der Waals surface area (Å²) in [6.07, 6.45) is 0. The van der Waals surface area contributed by atoms with Crippen LogP contribution in [0.2, 0.25) is 0 Å². The molecule has 1 amide bonds. The number of carbonyl (C=O) groups is 2. The fraction of sp³-hybridized carbons (Fsp3) is 0.429. The Hall–Kier alpha value is -1.93. The second-order valence-electron chi connectivity index (χ2n) is 5.01. The van der Waals surface area contributed by atoms with Crippen LogP contribution < -0.4 is 0 Å². The number of carboxylic acid groups (broad SMARTS) is 1. The summed E-state index contributed by atoms with van der Waals surface area (Å²) in [7, 11) is -4.05. The van der Waals surface area contributed by atoms with Gasteiger partial charge in [0.1, 0.15) is 6.04 Å². The van der Waals surface area contributed by atoms with Crippen LogP contribution in [0.25, 0.3) is 0 Å². The summed E-state index contributed by atoms with van der Waals surface area (Å²) < 4.78 is 26.6. The van der Waals surface area contributed by atoms with Gasteiger partial charge >= 0.3 is 5.97 Å². The second-order valence-corrected chi connectivity index (χ2v) is 6.87. The van der Waals surface area contributed by atoms with E-state index in [0.717, 1.165) is 4.31 Å². The molecule has 0 saturated carbocycles. The summed E-state index contributed by atoms with van der Waals surface area (Å²) in [5.41, 5.74) is -0.292. The summed E-state index contributed by atoms with van der Waals surface area (Å²) >= 11 is 0. The van der Waals surface area contributed by atoms with E-state index in [0.29, 0.717) is 13.1 Å². The highest BCUT2D eigenvalue weighted by Crippen LogP contribution is 2.24. The van der Waals surface area contributed by atoms with Gasteiger partial charge in [0.15, 0.2) is 0 Å². The average molecular weight is 326 g/mol. The van der Waals surface area contributed by atoms with E-state index in [1.54, 1.807) is 4.90 Å². The van der Waals surface area contributed by atoms with Crippen molar-refractivity contribution in [3.05, 3.63) is 29.8 Å². The molecule has 1 fully saturated rings. The average Bonchev–Trinajstić information content (AvgIpc) is 2.49. The van der Waals surface area contributed by atoms with Gasteiger partial charge in [-0.2, -0.15) is 4.31 Å². The van der Waals surface area contributed by atoms with Crippen LogP contribution in [0.1, 0.15) is 24.2 Å². The first kappa shape index (κ1) is 16.4. The molecule has 0 radical (unpaired) electrons. The molecule has 0 bridgehead atoms. The first-order valence-electron chi connectivity index (χ1n) is 6.93. The molecule has 22 heavy (non-hydrogen) atoms. The molecule has 8 heteroatoms. The molecule has 0 aliphatic carbocycles. The molecule has 0 spiro atoms. The standard InChI is InChI=1S/C14H18N2O5S/c1-3-15-8-9-16(10(2)13(15)17)22(20,21)12-7-5-4-6-11(12)14(18)19/h4-7,10H,3,8-9H2,1-2H3,(H,18,19). The Kier molecular flexibility index (Phi) is 4.52. The third-order valence-corrected chi connectivity index (χ3v) is 5.81. The number of hydrogen-bond acceptors (Lipinski definition) is 4. The summed E-state index contributed by atoms with van der Waals surface area (Å²) in [4.78, 5) is 24.7. The molecular weight excluding hydrogens is 308 g/mol. The molecular formula is C14H18N2O5S. The van der Waals surface area contributed by atoms with Gasteiger partial charge < -0.3 is 10.0 Å². The fourth-order valence-corrected chi connectivity index (χ4v) is 4.31. The monoisotopic (exact) mass is 326 g/mol. The third-order valence-electron chi connectivity index (χ3n) is 3.78. The predicted molar refractivity (Wildman–Crippen MR) is 79.0 cm³/mol. The lowest BCUT2D eigenvalue weighted by Gasteiger charge is -2.37. The van der Waals surface area contributed by atoms with Crippen molar-refractivity contribution >= 4 is 21.9 Å². The molecule has 1 atom stereocenters. The highest BCUT2D eigenvalue weighted by molar-refractivity contribution is 7.89. The van der Waals surface area contributed by atoms with Gasteiger partial charge in [0.05, 0.1) is 10.5 Å². The molecule has 7 nitrogen and oxygen atoms in total. The van der Waals surface area contributed by atoms with Crippen LogP contribution in [0.15, 0.2) is 29.2 Å². The largest absolute Gasteiger partial charge is 0.478 e. The quantitative estimate of drug-likeness (QED) is 0.875. The lowest BCUT2D eigenvalue weighted by atomic mass is 10.2. The maximum Gasteiger partial charge on any atom is 0.337 e. The van der Waals surface area contributed by atoms with E-state index < -0.39 is 22.0 Å². The van der Waals surface area contributed by atoms with E-state index in [4.69, 9.17) is 5.11 Å². The van der Waals surface area contributed by atoms with Crippen LogP contribution in [0, 0.1) is 0 Å². The van der Waals surface area contributed by atoms with Crippen LogP contribution in [0.5, 0.6) is 0 Å². The van der Waals surface area contributed by atoms with E-state index in [9.17, 15) is 18.0 Å². The van der Waals surface area contributed by atoms with Crippen molar-refractivity contribution in [3.8, 4) is 0 Å². The zero-order valence-electron chi connectivity index (χ0n) is 12.4. The Balaban J connectivity index is 2.44. The summed E-state index contributed by atoms with van der Waals surface area (Å²) in [5, 5.41) is 9.17. The number of sulfonamides is 1. The molecule has 1 heterocycles. The Morgan fingerprint density at radius 3 is 2.55 bits per heavy atom. The van der Waals surface area contributed by atoms with E-state index in [-0.39, 0.29) is 22.9 Å². The maximum atomic E-state index is 12.8. The molecule has 1 unspecified atom stereocenters. The number of carbonyl (C=O) groups excluding carboxylic acids is 1. The van der Waals surface area contributed by atoms with E-state index in [1.165, 1.54) is 31.2 Å². The summed E-state index contributed by atoms with van der Waals surface area (Å²) in [6.45, 7) is 4.31. The molecule has 1 aliphatic heterocycles. The highest BCUT2D eigenvalue weighted by atomic mass is 32.2. The minimum Gasteiger partial charge on any atom is -0.478 e. The van der Waals surface area contributed by atoms with Gasteiger partial charge in [0, 0.05) is 19.6 Å². The smallest absolute Gasteiger partial charge is 0.337 e. The van der Waals surface area contributed by atoms with Gasteiger partial charge in [-0.05, 0) is 26.0 Å². The number of amides is 1. The highest BCUT2D eigenvalue weighted by Gasteiger charge is 2.39. The Labute approximate surface area is 129 Å². The van der Waals surface area contributed by atoms with Crippen molar-refractivity contribution < 1.29 is 23.1 Å². The normalized spacial score (nSPS) is 20.2. The van der Waals surface area contributed by atoms with Crippen LogP contribution in [0.4, 0.5) is 0 Å². The van der Waals surface area contributed by atoms with Crippen LogP contribution in [0.3, 0.4) is 0 Å². The molecule has 1 N–H and O–H groups in total. The second kappa shape index (κ2) is 6.05. The number of likely N-dealkylation sites (N-methyl/N-ethyl adjacent to an activating group) is 1. The van der Waals surface area contributed by atoms with Crippen molar-refractivity contribution in [1.29, 1.82) is 0 Å². The van der Waals surface area contributed by atoms with Crippen molar-refractivity contribution in [1.82, 2.24) is 9.21 Å². The number of carboxylic acids is 1. The lowest BCUT2D eigenvalue weighted by Crippen LogP contribution is -2.57. The van der Waals surface area contributed by atoms with Crippen molar-refractivity contribution in [3.63, 3.8) is 0 Å². The Morgan fingerprint density at radius 2 is 1.95 bits per heavy atom. The number of hydrogen-bond donors (Lipinski definition) is 1. The summed E-state index contributed by atoms with van der Waals surface area (Å²) in [6, 6.07) is 4.58. The molecule has 1 aromatic rings. The maximum absolute atomic E-state index is 12.8. The molecule has 2 rings (SSSR count). The molecule has 120 valence electrons. The Bertz CT molecular complexity index is 701. The van der Waals surface area contributed by atoms with Crippen LogP contribution >= 0.6 is 0 Å². The van der Waals surface area contributed by atoms with Crippen molar-refractivity contribution in [2.24, 2.45) is 0 Å². The van der Waals surface area contributed by atoms with Gasteiger partial charge in [-0.3, -0.25) is 4.79 Å². The fourth-order valence-electron chi connectivity index (χ4n) is 2.55. The predicted octanol–water partition coefficient (Wildman–Crippen LogP) is 0.626. The summed E-state index contributed by atoms with van der Waals surface area (Å²) in [5.74, 6) is -1.59. The molecule has 0 aromatic heterocycles. The first-order valence-corrected chi connectivity index (χ1v) is 8.37. The zero-order valence-corrected chi connectivity index (χ0v) is 13.2. The minimum absolute atomic E-state index is 0.150. The van der Waals surface area contributed by atoms with Crippen LogP contribution in [-0.4, -0.2) is 60.3 Å². The lowest BCUT2D eigenvalue weighted by molar-refractivity contribution is -0.137. The molecule has 1 aromatic carbocycles. The molecule has 1 saturated heterocycles. The minimum atomic E-state index is -4.05.